The number of para-hydroxylation sites is 1. The zero-order chi connectivity index (χ0) is 26.1. The minimum atomic E-state index is -4.60. The molecule has 1 aromatic heterocycles. The van der Waals surface area contributed by atoms with Gasteiger partial charge in [-0.05, 0) is 42.5 Å². The lowest BCUT2D eigenvalue weighted by Crippen LogP contribution is -2.14. The van der Waals surface area contributed by atoms with Crippen molar-refractivity contribution in [2.45, 2.75) is 17.6 Å². The third-order valence-electron chi connectivity index (χ3n) is 5.17. The Kier molecular flexibility index (Phi) is 6.41. The van der Waals surface area contributed by atoms with Gasteiger partial charge in [0, 0.05) is 17.5 Å². The third kappa shape index (κ3) is 5.30. The van der Waals surface area contributed by atoms with E-state index in [9.17, 15) is 36.8 Å². The van der Waals surface area contributed by atoms with Crippen LogP contribution in [-0.2, 0) is 22.7 Å². The van der Waals surface area contributed by atoms with Crippen LogP contribution in [0.15, 0.2) is 77.7 Å². The fraction of sp³-hybridized carbons (Fsp3) is 0.0870. The molecule has 0 aliphatic rings. The Morgan fingerprint density at radius 3 is 2.36 bits per heavy atom. The Balaban J connectivity index is 1.60. The molecular formula is C23H17F3N4O5S. The minimum absolute atomic E-state index is 0.0463. The summed E-state index contributed by atoms with van der Waals surface area (Å²) in [6.45, 7) is 0.0463. The Morgan fingerprint density at radius 1 is 0.972 bits per heavy atom. The fourth-order valence-electron chi connectivity index (χ4n) is 3.36. The van der Waals surface area contributed by atoms with Crippen molar-refractivity contribution < 1.29 is 31.6 Å². The summed E-state index contributed by atoms with van der Waals surface area (Å²) in [6.07, 6.45) is -4.60. The standard InChI is InChI=1S/C23H17F3N4O5S/c24-23(25,26)15-5-9-18(10-6-15)36(34,35)29-19-3-1-2-14-4-7-16(28-22(14)19)13-27-20-12-17(30(32)33)8-11-21(20)31/h1-12,27,29,31H,13H2. The molecule has 0 amide bonds. The fourth-order valence-corrected chi connectivity index (χ4v) is 4.43. The highest BCUT2D eigenvalue weighted by molar-refractivity contribution is 7.92. The van der Waals surface area contributed by atoms with Crippen molar-refractivity contribution in [2.75, 3.05) is 10.0 Å². The van der Waals surface area contributed by atoms with Gasteiger partial charge in [-0.2, -0.15) is 13.2 Å². The maximum absolute atomic E-state index is 12.8. The van der Waals surface area contributed by atoms with E-state index in [2.05, 4.69) is 15.0 Å². The van der Waals surface area contributed by atoms with Gasteiger partial charge < -0.3 is 10.4 Å². The number of phenolic OH excluding ortho intramolecular Hbond substituents is 1. The van der Waals surface area contributed by atoms with E-state index in [-0.39, 0.29) is 39.8 Å². The average Bonchev–Trinajstić information content (AvgIpc) is 2.83. The molecule has 3 N–H and O–H groups in total. The van der Waals surface area contributed by atoms with Crippen molar-refractivity contribution >= 4 is 38.0 Å². The number of hydrogen-bond acceptors (Lipinski definition) is 7. The lowest BCUT2D eigenvalue weighted by Gasteiger charge is -2.13. The first-order valence-corrected chi connectivity index (χ1v) is 11.7. The number of alkyl halides is 3. The van der Waals surface area contributed by atoms with Crippen LogP contribution in [0, 0.1) is 10.1 Å². The molecule has 0 aliphatic carbocycles. The van der Waals surface area contributed by atoms with Crippen LogP contribution >= 0.6 is 0 Å². The number of non-ortho nitro benzene ring substituents is 1. The van der Waals surface area contributed by atoms with Crippen LogP contribution in [0.3, 0.4) is 0 Å². The highest BCUT2D eigenvalue weighted by atomic mass is 32.2. The molecule has 9 nitrogen and oxygen atoms in total. The van der Waals surface area contributed by atoms with Crippen molar-refractivity contribution in [3.63, 3.8) is 0 Å². The van der Waals surface area contributed by atoms with Crippen LogP contribution in [0.2, 0.25) is 0 Å². The van der Waals surface area contributed by atoms with E-state index in [0.29, 0.717) is 23.2 Å². The summed E-state index contributed by atoms with van der Waals surface area (Å²) in [6, 6.07) is 14.7. The molecule has 36 heavy (non-hydrogen) atoms. The molecule has 1 heterocycles. The molecule has 0 unspecified atom stereocenters. The van der Waals surface area contributed by atoms with E-state index in [1.54, 1.807) is 24.3 Å². The van der Waals surface area contributed by atoms with E-state index >= 15 is 0 Å². The average molecular weight is 518 g/mol. The minimum Gasteiger partial charge on any atom is -0.506 e. The summed E-state index contributed by atoms with van der Waals surface area (Å²) in [5, 5.41) is 24.4. The molecule has 0 atom stereocenters. The summed E-state index contributed by atoms with van der Waals surface area (Å²) in [5.41, 5.74) is -0.276. The molecule has 0 saturated heterocycles. The van der Waals surface area contributed by atoms with Crippen LogP contribution in [-0.4, -0.2) is 23.4 Å². The number of nitrogens with one attached hydrogen (secondary N) is 2. The molecule has 0 bridgehead atoms. The van der Waals surface area contributed by atoms with E-state index < -0.39 is 26.7 Å². The number of hydrogen-bond donors (Lipinski definition) is 3. The van der Waals surface area contributed by atoms with Gasteiger partial charge in [-0.25, -0.2) is 13.4 Å². The quantitative estimate of drug-likeness (QED) is 0.172. The smallest absolute Gasteiger partial charge is 0.416 e. The van der Waals surface area contributed by atoms with Gasteiger partial charge in [-0.15, -0.1) is 0 Å². The summed E-state index contributed by atoms with van der Waals surface area (Å²) in [4.78, 5) is 14.5. The van der Waals surface area contributed by atoms with Crippen LogP contribution in [0.5, 0.6) is 5.75 Å². The largest absolute Gasteiger partial charge is 0.506 e. The van der Waals surface area contributed by atoms with E-state index in [1.165, 1.54) is 18.2 Å². The molecule has 3 aromatic carbocycles. The van der Waals surface area contributed by atoms with Gasteiger partial charge in [-0.1, -0.05) is 18.2 Å². The molecule has 186 valence electrons. The summed E-state index contributed by atoms with van der Waals surface area (Å²) >= 11 is 0. The first-order chi connectivity index (χ1) is 16.9. The van der Waals surface area contributed by atoms with Crippen LogP contribution in [0.4, 0.5) is 30.2 Å². The van der Waals surface area contributed by atoms with E-state index in [1.807, 2.05) is 0 Å². The highest BCUT2D eigenvalue weighted by Crippen LogP contribution is 2.31. The number of anilines is 2. The third-order valence-corrected chi connectivity index (χ3v) is 6.55. The second-order valence-electron chi connectivity index (χ2n) is 7.62. The monoisotopic (exact) mass is 518 g/mol. The number of rotatable bonds is 7. The zero-order valence-corrected chi connectivity index (χ0v) is 19.0. The van der Waals surface area contributed by atoms with Gasteiger partial charge in [0.1, 0.15) is 5.75 Å². The van der Waals surface area contributed by atoms with Crippen molar-refractivity contribution in [1.82, 2.24) is 4.98 Å². The zero-order valence-electron chi connectivity index (χ0n) is 18.2. The van der Waals surface area contributed by atoms with E-state index in [4.69, 9.17) is 0 Å². The molecule has 4 rings (SSSR count). The number of halogens is 3. The van der Waals surface area contributed by atoms with Gasteiger partial charge in [0.25, 0.3) is 15.7 Å². The number of benzene rings is 3. The predicted octanol–water partition coefficient (Wildman–Crippen LogP) is 5.28. The first-order valence-electron chi connectivity index (χ1n) is 10.2. The SMILES string of the molecule is O=[N+]([O-])c1ccc(O)c(NCc2ccc3cccc(NS(=O)(=O)c4ccc(C(F)(F)F)cc4)c3n2)c1. The number of nitro groups is 1. The Bertz CT molecular complexity index is 1560. The number of pyridine rings is 1. The lowest BCUT2D eigenvalue weighted by molar-refractivity contribution is -0.384. The first kappa shape index (κ1) is 24.7. The molecule has 4 aromatic rings. The number of aromatic hydroxyl groups is 1. The maximum Gasteiger partial charge on any atom is 0.416 e. The van der Waals surface area contributed by atoms with Gasteiger partial charge in [0.2, 0.25) is 0 Å². The number of aromatic nitrogens is 1. The summed E-state index contributed by atoms with van der Waals surface area (Å²) in [7, 11) is -4.22. The number of phenols is 1. The van der Waals surface area contributed by atoms with Crippen molar-refractivity contribution in [2.24, 2.45) is 0 Å². The number of nitrogens with zero attached hydrogens (tertiary/aromatic N) is 2. The lowest BCUT2D eigenvalue weighted by atomic mass is 10.1. The second-order valence-corrected chi connectivity index (χ2v) is 9.30. The Morgan fingerprint density at radius 2 is 1.69 bits per heavy atom. The van der Waals surface area contributed by atoms with Gasteiger partial charge in [0.05, 0.1) is 44.5 Å². The van der Waals surface area contributed by atoms with Crippen molar-refractivity contribution in [1.29, 1.82) is 0 Å². The predicted molar refractivity (Wildman–Crippen MR) is 126 cm³/mol. The molecule has 0 aliphatic heterocycles. The van der Waals surface area contributed by atoms with Crippen LogP contribution in [0.1, 0.15) is 11.3 Å². The summed E-state index contributed by atoms with van der Waals surface area (Å²) in [5.74, 6) is -0.202. The number of sulfonamides is 1. The number of fused-ring (bicyclic) bond motifs is 1. The van der Waals surface area contributed by atoms with Gasteiger partial charge >= 0.3 is 6.18 Å². The summed E-state index contributed by atoms with van der Waals surface area (Å²) < 4.78 is 66.4. The van der Waals surface area contributed by atoms with Crippen molar-refractivity contribution in [3.8, 4) is 5.75 Å². The highest BCUT2D eigenvalue weighted by Gasteiger charge is 2.30. The Labute approximate surface area is 202 Å². The van der Waals surface area contributed by atoms with Gasteiger partial charge in [-0.3, -0.25) is 14.8 Å². The number of nitro benzene ring substituents is 1. The maximum atomic E-state index is 12.8. The molecule has 13 heteroatoms. The Hall–Kier alpha value is -4.39. The molecule has 0 fully saturated rings. The molecule has 0 saturated carbocycles. The van der Waals surface area contributed by atoms with Gasteiger partial charge in [0.15, 0.2) is 0 Å². The topological polar surface area (TPSA) is 134 Å². The van der Waals surface area contributed by atoms with Crippen LogP contribution < -0.4 is 10.0 Å². The molecule has 0 radical (unpaired) electrons. The van der Waals surface area contributed by atoms with E-state index in [0.717, 1.165) is 18.2 Å². The van der Waals surface area contributed by atoms with Crippen molar-refractivity contribution in [3.05, 3.63) is 94.2 Å². The second kappa shape index (κ2) is 9.34. The molecular weight excluding hydrogens is 501 g/mol. The van der Waals surface area contributed by atoms with Crippen LogP contribution in [0.25, 0.3) is 10.9 Å². The normalized spacial score (nSPS) is 11.9. The molecule has 0 spiro atoms.